The van der Waals surface area contributed by atoms with Crippen molar-refractivity contribution >= 4 is 17.7 Å². The molecular formula is C11H15N3O3. The molecule has 1 saturated heterocycles. The monoisotopic (exact) mass is 237 g/mol. The highest BCUT2D eigenvalue weighted by molar-refractivity contribution is 5.99. The van der Waals surface area contributed by atoms with Crippen LogP contribution in [-0.2, 0) is 16.0 Å². The lowest BCUT2D eigenvalue weighted by Gasteiger charge is -2.10. The number of carbonyl (C=O) groups is 2. The van der Waals surface area contributed by atoms with Gasteiger partial charge in [-0.25, -0.2) is 0 Å². The maximum Gasteiger partial charge on any atom is 0.234 e. The van der Waals surface area contributed by atoms with Crippen LogP contribution in [0.25, 0.3) is 0 Å². The van der Waals surface area contributed by atoms with Crippen LogP contribution in [0.1, 0.15) is 25.5 Å². The van der Waals surface area contributed by atoms with Gasteiger partial charge in [0.1, 0.15) is 0 Å². The third kappa shape index (κ3) is 2.30. The van der Waals surface area contributed by atoms with Gasteiger partial charge in [-0.15, -0.1) is 0 Å². The number of anilines is 1. The average Bonchev–Trinajstić information content (AvgIpc) is 2.85. The van der Waals surface area contributed by atoms with Crippen LogP contribution in [0.5, 0.6) is 0 Å². The molecule has 2 heterocycles. The van der Waals surface area contributed by atoms with E-state index >= 15 is 0 Å². The highest BCUT2D eigenvalue weighted by Crippen LogP contribution is 2.25. The van der Waals surface area contributed by atoms with Gasteiger partial charge in [-0.2, -0.15) is 0 Å². The normalized spacial score (nSPS) is 19.9. The van der Waals surface area contributed by atoms with Gasteiger partial charge in [0.2, 0.25) is 17.7 Å². The van der Waals surface area contributed by atoms with Crippen molar-refractivity contribution in [3.8, 4) is 0 Å². The fourth-order valence-corrected chi connectivity index (χ4v) is 1.91. The van der Waals surface area contributed by atoms with Crippen molar-refractivity contribution in [2.75, 3.05) is 11.4 Å². The second kappa shape index (κ2) is 4.57. The topological polar surface area (TPSA) is 89.4 Å². The number of hydrogen-bond acceptors (Lipinski definition) is 4. The summed E-state index contributed by atoms with van der Waals surface area (Å²) in [6.45, 7) is 2.33. The van der Waals surface area contributed by atoms with Gasteiger partial charge in [-0.05, 0) is 6.42 Å². The molecule has 2 N–H and O–H groups in total. The standard InChI is InChI=1S/C11H15N3O3/c1-2-3-8-5-10(17-13-8)14-6-7(11(12)16)4-9(14)15/h5,7H,2-4,6H2,1H3,(H2,12,16). The van der Waals surface area contributed by atoms with Gasteiger partial charge < -0.3 is 10.3 Å². The predicted octanol–water partition coefficient (Wildman–Crippen LogP) is 0.465. The molecule has 0 aromatic carbocycles. The van der Waals surface area contributed by atoms with Gasteiger partial charge in [0.25, 0.3) is 0 Å². The first-order chi connectivity index (χ1) is 8.11. The molecule has 92 valence electrons. The zero-order valence-corrected chi connectivity index (χ0v) is 9.68. The Kier molecular flexibility index (Phi) is 3.12. The summed E-state index contributed by atoms with van der Waals surface area (Å²) in [6.07, 6.45) is 1.92. The Morgan fingerprint density at radius 1 is 1.71 bits per heavy atom. The summed E-state index contributed by atoms with van der Waals surface area (Å²) in [7, 11) is 0. The van der Waals surface area contributed by atoms with Crippen molar-refractivity contribution in [1.29, 1.82) is 0 Å². The SMILES string of the molecule is CCCc1cc(N2CC(C(N)=O)CC2=O)on1. The average molecular weight is 237 g/mol. The summed E-state index contributed by atoms with van der Waals surface area (Å²) >= 11 is 0. The molecule has 2 rings (SSSR count). The molecule has 1 atom stereocenters. The van der Waals surface area contributed by atoms with Gasteiger partial charge in [0.05, 0.1) is 11.6 Å². The van der Waals surface area contributed by atoms with Crippen molar-refractivity contribution in [3.63, 3.8) is 0 Å². The molecule has 1 aromatic heterocycles. The van der Waals surface area contributed by atoms with Crippen LogP contribution >= 0.6 is 0 Å². The lowest BCUT2D eigenvalue weighted by Crippen LogP contribution is -2.28. The molecule has 2 amide bonds. The van der Waals surface area contributed by atoms with E-state index < -0.39 is 11.8 Å². The number of primary amides is 1. The number of aromatic nitrogens is 1. The number of nitrogens with zero attached hydrogens (tertiary/aromatic N) is 2. The van der Waals surface area contributed by atoms with Crippen LogP contribution in [0.4, 0.5) is 5.88 Å². The van der Waals surface area contributed by atoms with Crippen LogP contribution in [0, 0.1) is 5.92 Å². The molecule has 0 spiro atoms. The molecule has 1 unspecified atom stereocenters. The molecular weight excluding hydrogens is 222 g/mol. The second-order valence-electron chi connectivity index (χ2n) is 4.21. The lowest BCUT2D eigenvalue weighted by atomic mass is 10.1. The number of rotatable bonds is 4. The summed E-state index contributed by atoms with van der Waals surface area (Å²) in [4.78, 5) is 24.1. The molecule has 1 fully saturated rings. The van der Waals surface area contributed by atoms with Crippen molar-refractivity contribution < 1.29 is 14.1 Å². The molecule has 1 aromatic rings. The predicted molar refractivity (Wildman–Crippen MR) is 60.2 cm³/mol. The largest absolute Gasteiger partial charge is 0.369 e. The number of aryl methyl sites for hydroxylation is 1. The van der Waals surface area contributed by atoms with Crippen molar-refractivity contribution in [2.24, 2.45) is 11.7 Å². The fourth-order valence-electron chi connectivity index (χ4n) is 1.91. The fraction of sp³-hybridized carbons (Fsp3) is 0.545. The van der Waals surface area contributed by atoms with E-state index in [2.05, 4.69) is 5.16 Å². The first-order valence-corrected chi connectivity index (χ1v) is 5.67. The van der Waals surface area contributed by atoms with Crippen LogP contribution in [0.15, 0.2) is 10.6 Å². The minimum Gasteiger partial charge on any atom is -0.369 e. The van der Waals surface area contributed by atoms with Crippen molar-refractivity contribution in [3.05, 3.63) is 11.8 Å². The molecule has 1 aliphatic heterocycles. The van der Waals surface area contributed by atoms with Gasteiger partial charge in [-0.1, -0.05) is 18.5 Å². The van der Waals surface area contributed by atoms with E-state index in [9.17, 15) is 9.59 Å². The Morgan fingerprint density at radius 3 is 3.06 bits per heavy atom. The van der Waals surface area contributed by atoms with Gasteiger partial charge in [-0.3, -0.25) is 14.5 Å². The third-order valence-corrected chi connectivity index (χ3v) is 2.85. The summed E-state index contributed by atoms with van der Waals surface area (Å²) in [5.41, 5.74) is 6.01. The van der Waals surface area contributed by atoms with E-state index in [0.29, 0.717) is 5.88 Å². The zero-order valence-electron chi connectivity index (χ0n) is 9.68. The molecule has 0 aliphatic carbocycles. The Labute approximate surface area is 98.7 Å². The minimum atomic E-state index is -0.450. The summed E-state index contributed by atoms with van der Waals surface area (Å²) in [6, 6.07) is 1.74. The Bertz CT molecular complexity index is 441. The highest BCUT2D eigenvalue weighted by atomic mass is 16.5. The molecule has 0 saturated carbocycles. The van der Waals surface area contributed by atoms with Gasteiger partial charge in [0, 0.05) is 19.0 Å². The number of amides is 2. The molecule has 17 heavy (non-hydrogen) atoms. The summed E-state index contributed by atoms with van der Waals surface area (Å²) < 4.78 is 5.10. The second-order valence-corrected chi connectivity index (χ2v) is 4.21. The van der Waals surface area contributed by atoms with Gasteiger partial charge >= 0.3 is 0 Å². The van der Waals surface area contributed by atoms with E-state index in [0.717, 1.165) is 18.5 Å². The molecule has 6 heteroatoms. The van der Waals surface area contributed by atoms with Crippen LogP contribution in [0.3, 0.4) is 0 Å². The highest BCUT2D eigenvalue weighted by Gasteiger charge is 2.35. The maximum absolute atomic E-state index is 11.7. The quantitative estimate of drug-likeness (QED) is 0.824. The van der Waals surface area contributed by atoms with Gasteiger partial charge in [0.15, 0.2) is 0 Å². The summed E-state index contributed by atoms with van der Waals surface area (Å²) in [5, 5.41) is 3.87. The van der Waals surface area contributed by atoms with Crippen molar-refractivity contribution in [1.82, 2.24) is 5.16 Å². The van der Waals surface area contributed by atoms with E-state index in [1.165, 1.54) is 4.90 Å². The molecule has 6 nitrogen and oxygen atoms in total. The van der Waals surface area contributed by atoms with Crippen molar-refractivity contribution in [2.45, 2.75) is 26.2 Å². The van der Waals surface area contributed by atoms with E-state index in [1.54, 1.807) is 6.07 Å². The van der Waals surface area contributed by atoms with E-state index in [-0.39, 0.29) is 18.9 Å². The van der Waals surface area contributed by atoms with Crippen LogP contribution < -0.4 is 10.6 Å². The first kappa shape index (κ1) is 11.6. The van der Waals surface area contributed by atoms with E-state index in [4.69, 9.17) is 10.3 Å². The molecule has 0 radical (unpaired) electrons. The number of hydrogen-bond donors (Lipinski definition) is 1. The maximum atomic E-state index is 11.7. The smallest absolute Gasteiger partial charge is 0.234 e. The molecule has 0 bridgehead atoms. The minimum absolute atomic E-state index is 0.145. The zero-order chi connectivity index (χ0) is 12.4. The van der Waals surface area contributed by atoms with Crippen LogP contribution in [0.2, 0.25) is 0 Å². The third-order valence-electron chi connectivity index (χ3n) is 2.85. The first-order valence-electron chi connectivity index (χ1n) is 5.67. The lowest BCUT2D eigenvalue weighted by molar-refractivity contribution is -0.123. The Morgan fingerprint density at radius 2 is 2.47 bits per heavy atom. The Hall–Kier alpha value is -1.85. The molecule has 1 aliphatic rings. The number of carbonyl (C=O) groups excluding carboxylic acids is 2. The van der Waals surface area contributed by atoms with E-state index in [1.807, 2.05) is 6.92 Å². The number of nitrogens with two attached hydrogens (primary N) is 1. The summed E-state index contributed by atoms with van der Waals surface area (Å²) in [5.74, 6) is -0.619. The van der Waals surface area contributed by atoms with Crippen LogP contribution in [-0.4, -0.2) is 23.5 Å². The Balaban J connectivity index is 2.11.